The number of nitrogen functional groups attached to an aromatic ring is 1. The summed E-state index contributed by atoms with van der Waals surface area (Å²) >= 11 is 0. The van der Waals surface area contributed by atoms with Crippen LogP contribution in [0.1, 0.15) is 23.7 Å². The fraction of sp³-hybridized carbons (Fsp3) is 0.308. The molecule has 0 saturated heterocycles. The quantitative estimate of drug-likeness (QED) is 0.545. The number of hydrogen-bond acceptors (Lipinski definition) is 4. The van der Waals surface area contributed by atoms with Crippen molar-refractivity contribution in [3.05, 3.63) is 29.8 Å². The summed E-state index contributed by atoms with van der Waals surface area (Å²) in [5.74, 6) is -2.09. The second-order valence-electron chi connectivity index (χ2n) is 4.17. The summed E-state index contributed by atoms with van der Waals surface area (Å²) in [6, 6.07) is 5.28. The molecule has 0 aliphatic rings. The first-order valence-corrected chi connectivity index (χ1v) is 6.10. The second kappa shape index (κ2) is 7.13. The molecule has 1 rings (SSSR count). The van der Waals surface area contributed by atoms with Gasteiger partial charge in [-0.1, -0.05) is 6.92 Å². The van der Waals surface area contributed by atoms with Crippen molar-refractivity contribution >= 4 is 23.5 Å². The third-order valence-corrected chi connectivity index (χ3v) is 2.62. The molecule has 0 saturated carbocycles. The molecule has 0 radical (unpaired) electrons. The van der Waals surface area contributed by atoms with Crippen LogP contribution in [0.3, 0.4) is 0 Å². The van der Waals surface area contributed by atoms with Crippen LogP contribution >= 0.6 is 0 Å². The highest BCUT2D eigenvalue weighted by Gasteiger charge is 2.17. The predicted molar refractivity (Wildman–Crippen MR) is 73.0 cm³/mol. The van der Waals surface area contributed by atoms with Gasteiger partial charge in [-0.25, -0.2) is 4.79 Å². The number of amides is 2. The lowest BCUT2D eigenvalue weighted by molar-refractivity contribution is -0.141. The molecule has 0 aliphatic carbocycles. The average molecular weight is 279 g/mol. The van der Waals surface area contributed by atoms with Gasteiger partial charge in [0.05, 0.1) is 6.54 Å². The van der Waals surface area contributed by atoms with Gasteiger partial charge in [0.15, 0.2) is 0 Å². The maximum Gasteiger partial charge on any atom is 0.326 e. The Morgan fingerprint density at radius 1 is 1.25 bits per heavy atom. The normalized spacial score (nSPS) is 11.4. The lowest BCUT2D eigenvalue weighted by Gasteiger charge is -2.12. The van der Waals surface area contributed by atoms with Crippen LogP contribution in [0.5, 0.6) is 0 Å². The Kier molecular flexibility index (Phi) is 5.52. The molecule has 7 heteroatoms. The highest BCUT2D eigenvalue weighted by molar-refractivity contribution is 5.97. The molecule has 0 bridgehead atoms. The minimum atomic E-state index is -1.11. The second-order valence-corrected chi connectivity index (χ2v) is 4.17. The minimum absolute atomic E-state index is 0.271. The van der Waals surface area contributed by atoms with E-state index in [0.717, 1.165) is 0 Å². The summed E-state index contributed by atoms with van der Waals surface area (Å²) in [4.78, 5) is 33.9. The highest BCUT2D eigenvalue weighted by atomic mass is 16.4. The van der Waals surface area contributed by atoms with Crippen molar-refractivity contribution < 1.29 is 19.5 Å². The third kappa shape index (κ3) is 4.60. The number of nitrogens with one attached hydrogen (secondary N) is 2. The number of anilines is 1. The molecule has 5 N–H and O–H groups in total. The fourth-order valence-electron chi connectivity index (χ4n) is 1.48. The summed E-state index contributed by atoms with van der Waals surface area (Å²) in [5, 5.41) is 13.5. The molecule has 0 aliphatic heterocycles. The predicted octanol–water partition coefficient (Wildman–Crippen LogP) is -0.0220. The Labute approximate surface area is 116 Å². The number of aliphatic carboxylic acids is 1. The highest BCUT2D eigenvalue weighted by Crippen LogP contribution is 2.04. The molecule has 2 amide bonds. The number of carbonyl (C=O) groups is 3. The van der Waals surface area contributed by atoms with Crippen LogP contribution in [0.25, 0.3) is 0 Å². The summed E-state index contributed by atoms with van der Waals surface area (Å²) in [6.07, 6.45) is 0.271. The molecule has 1 aromatic rings. The number of carbonyl (C=O) groups excluding carboxylic acids is 2. The van der Waals surface area contributed by atoms with Crippen LogP contribution in [-0.2, 0) is 9.59 Å². The van der Waals surface area contributed by atoms with E-state index in [1.54, 1.807) is 19.1 Å². The average Bonchev–Trinajstić information content (AvgIpc) is 2.42. The SMILES string of the molecule is CC[C@H](NC(=O)CNC(=O)c1ccc(N)cc1)C(=O)O. The molecule has 0 aromatic heterocycles. The van der Waals surface area contributed by atoms with Gasteiger partial charge < -0.3 is 21.5 Å². The molecule has 20 heavy (non-hydrogen) atoms. The van der Waals surface area contributed by atoms with Crippen LogP contribution in [0.15, 0.2) is 24.3 Å². The van der Waals surface area contributed by atoms with Gasteiger partial charge >= 0.3 is 5.97 Å². The molecule has 0 fully saturated rings. The van der Waals surface area contributed by atoms with Crippen LogP contribution in [0, 0.1) is 0 Å². The van der Waals surface area contributed by atoms with Crippen molar-refractivity contribution in [2.45, 2.75) is 19.4 Å². The number of rotatable bonds is 6. The summed E-state index contributed by atoms with van der Waals surface area (Å²) in [6.45, 7) is 1.36. The monoisotopic (exact) mass is 279 g/mol. The Bertz CT molecular complexity index is 499. The third-order valence-electron chi connectivity index (χ3n) is 2.62. The van der Waals surface area contributed by atoms with Gasteiger partial charge in [-0.05, 0) is 30.7 Å². The maximum atomic E-state index is 11.7. The first-order valence-electron chi connectivity index (χ1n) is 6.10. The zero-order valence-electron chi connectivity index (χ0n) is 11.1. The Balaban J connectivity index is 2.46. The standard InChI is InChI=1S/C13H17N3O4/c1-2-10(13(19)20)16-11(17)7-15-12(18)8-3-5-9(14)6-4-8/h3-6,10H,2,7,14H2,1H3,(H,15,18)(H,16,17)(H,19,20)/t10-/m0/s1. The van der Waals surface area contributed by atoms with Crippen molar-refractivity contribution in [3.8, 4) is 0 Å². The molecule has 1 atom stereocenters. The largest absolute Gasteiger partial charge is 0.480 e. The molecule has 0 heterocycles. The number of hydrogen-bond donors (Lipinski definition) is 4. The van der Waals surface area contributed by atoms with E-state index < -0.39 is 23.8 Å². The van der Waals surface area contributed by atoms with E-state index >= 15 is 0 Å². The van der Waals surface area contributed by atoms with Crippen LogP contribution in [-0.4, -0.2) is 35.5 Å². The molecule has 0 spiro atoms. The molecular weight excluding hydrogens is 262 g/mol. The van der Waals surface area contributed by atoms with E-state index in [4.69, 9.17) is 10.8 Å². The summed E-state index contributed by atoms with van der Waals surface area (Å²) in [5.41, 5.74) is 6.40. The molecule has 7 nitrogen and oxygen atoms in total. The first kappa shape index (κ1) is 15.5. The Morgan fingerprint density at radius 3 is 2.35 bits per heavy atom. The van der Waals surface area contributed by atoms with E-state index in [-0.39, 0.29) is 13.0 Å². The van der Waals surface area contributed by atoms with Crippen molar-refractivity contribution in [2.24, 2.45) is 0 Å². The van der Waals surface area contributed by atoms with Crippen molar-refractivity contribution in [2.75, 3.05) is 12.3 Å². The maximum absolute atomic E-state index is 11.7. The fourth-order valence-corrected chi connectivity index (χ4v) is 1.48. The van der Waals surface area contributed by atoms with Crippen molar-refractivity contribution in [1.82, 2.24) is 10.6 Å². The van der Waals surface area contributed by atoms with Gasteiger partial charge in [0.1, 0.15) is 6.04 Å². The lowest BCUT2D eigenvalue weighted by Crippen LogP contribution is -2.45. The zero-order chi connectivity index (χ0) is 15.1. The van der Waals surface area contributed by atoms with Gasteiger partial charge in [0.25, 0.3) is 5.91 Å². The van der Waals surface area contributed by atoms with Gasteiger partial charge in [0.2, 0.25) is 5.91 Å². The zero-order valence-corrected chi connectivity index (χ0v) is 11.1. The van der Waals surface area contributed by atoms with Gasteiger partial charge in [-0.2, -0.15) is 0 Å². The van der Waals surface area contributed by atoms with E-state index in [1.807, 2.05) is 0 Å². The Morgan fingerprint density at radius 2 is 1.85 bits per heavy atom. The first-order chi connectivity index (χ1) is 9.43. The van der Waals surface area contributed by atoms with E-state index in [2.05, 4.69) is 10.6 Å². The minimum Gasteiger partial charge on any atom is -0.480 e. The van der Waals surface area contributed by atoms with E-state index in [0.29, 0.717) is 11.3 Å². The lowest BCUT2D eigenvalue weighted by atomic mass is 10.2. The molecular formula is C13H17N3O4. The van der Waals surface area contributed by atoms with Gasteiger partial charge in [-0.3, -0.25) is 9.59 Å². The number of carboxylic acids is 1. The van der Waals surface area contributed by atoms with Gasteiger partial charge in [-0.15, -0.1) is 0 Å². The van der Waals surface area contributed by atoms with Crippen LogP contribution in [0.2, 0.25) is 0 Å². The molecule has 1 aromatic carbocycles. The van der Waals surface area contributed by atoms with E-state index in [1.165, 1.54) is 12.1 Å². The smallest absolute Gasteiger partial charge is 0.326 e. The van der Waals surface area contributed by atoms with Crippen molar-refractivity contribution in [3.63, 3.8) is 0 Å². The Hall–Kier alpha value is -2.57. The molecule has 0 unspecified atom stereocenters. The molecule has 108 valence electrons. The summed E-state index contributed by atoms with van der Waals surface area (Å²) in [7, 11) is 0. The number of carboxylic acid groups (broad SMARTS) is 1. The van der Waals surface area contributed by atoms with Crippen molar-refractivity contribution in [1.29, 1.82) is 0 Å². The van der Waals surface area contributed by atoms with E-state index in [9.17, 15) is 14.4 Å². The number of nitrogens with two attached hydrogens (primary N) is 1. The summed E-state index contributed by atoms with van der Waals surface area (Å²) < 4.78 is 0. The number of benzene rings is 1. The van der Waals surface area contributed by atoms with Crippen LogP contribution < -0.4 is 16.4 Å². The van der Waals surface area contributed by atoms with Gasteiger partial charge in [0, 0.05) is 11.3 Å². The van der Waals surface area contributed by atoms with Crippen LogP contribution in [0.4, 0.5) is 5.69 Å². The topological polar surface area (TPSA) is 122 Å².